The lowest BCUT2D eigenvalue weighted by Gasteiger charge is -2.32. The first-order valence-electron chi connectivity index (χ1n) is 10.2. The molecule has 0 aliphatic carbocycles. The Morgan fingerprint density at radius 2 is 1.83 bits per heavy atom. The maximum absolute atomic E-state index is 13.2. The van der Waals surface area contributed by atoms with Crippen LogP contribution in [0, 0.1) is 13.8 Å². The summed E-state index contributed by atoms with van der Waals surface area (Å²) in [6.07, 6.45) is 0.285. The number of hydrogen-bond donors (Lipinski definition) is 2. The van der Waals surface area contributed by atoms with Crippen molar-refractivity contribution < 1.29 is 9.90 Å². The zero-order chi connectivity index (χ0) is 21.1. The number of fused-ring (bicyclic) bond motifs is 1. The van der Waals surface area contributed by atoms with Crippen molar-refractivity contribution in [3.05, 3.63) is 39.3 Å². The normalized spacial score (nSPS) is 16.4. The molecule has 1 saturated heterocycles. The van der Waals surface area contributed by atoms with E-state index in [2.05, 4.69) is 9.88 Å². The molecular formula is C21H31N5O3. The highest BCUT2D eigenvalue weighted by molar-refractivity contribution is 5.94. The van der Waals surface area contributed by atoms with E-state index < -0.39 is 11.7 Å². The van der Waals surface area contributed by atoms with Crippen LogP contribution in [0.5, 0.6) is 0 Å². The van der Waals surface area contributed by atoms with Crippen molar-refractivity contribution in [1.29, 1.82) is 0 Å². The van der Waals surface area contributed by atoms with Gasteiger partial charge in [-0.25, -0.2) is 4.98 Å². The Balaban J connectivity index is 2.03. The van der Waals surface area contributed by atoms with Gasteiger partial charge in [0.05, 0.1) is 17.1 Å². The summed E-state index contributed by atoms with van der Waals surface area (Å²) >= 11 is 0. The van der Waals surface area contributed by atoms with E-state index in [1.54, 1.807) is 9.47 Å². The first-order valence-corrected chi connectivity index (χ1v) is 10.2. The maximum Gasteiger partial charge on any atom is 0.282 e. The van der Waals surface area contributed by atoms with Gasteiger partial charge in [0.15, 0.2) is 5.69 Å². The molecule has 8 nitrogen and oxygen atoms in total. The van der Waals surface area contributed by atoms with Gasteiger partial charge in [-0.1, -0.05) is 0 Å². The fraction of sp³-hybridized carbons (Fsp3) is 0.571. The predicted octanol–water partition coefficient (Wildman–Crippen LogP) is 0.501. The number of hydrogen-bond acceptors (Lipinski definition) is 6. The maximum atomic E-state index is 13.2. The Kier molecular flexibility index (Phi) is 6.66. The van der Waals surface area contributed by atoms with Crippen molar-refractivity contribution >= 4 is 16.9 Å². The fourth-order valence-electron chi connectivity index (χ4n) is 3.63. The smallest absolute Gasteiger partial charge is 0.282 e. The second kappa shape index (κ2) is 9.02. The van der Waals surface area contributed by atoms with Crippen LogP contribution < -0.4 is 11.3 Å². The molecule has 0 spiro atoms. The van der Waals surface area contributed by atoms with Crippen LogP contribution in [0.4, 0.5) is 0 Å². The highest BCUT2D eigenvalue weighted by Crippen LogP contribution is 2.18. The lowest BCUT2D eigenvalue weighted by atomic mass is 10.1. The number of carbonyl (C=O) groups is 1. The number of aliphatic hydroxyl groups excluding tert-OH is 1. The van der Waals surface area contributed by atoms with Crippen molar-refractivity contribution in [3.63, 3.8) is 0 Å². The van der Waals surface area contributed by atoms with Crippen LogP contribution in [0.25, 0.3) is 11.0 Å². The van der Waals surface area contributed by atoms with Gasteiger partial charge in [-0.3, -0.25) is 9.59 Å². The Labute approximate surface area is 170 Å². The molecule has 29 heavy (non-hydrogen) atoms. The van der Waals surface area contributed by atoms with E-state index in [1.165, 1.54) is 0 Å². The highest BCUT2D eigenvalue weighted by Gasteiger charge is 2.26. The number of benzene rings is 1. The van der Waals surface area contributed by atoms with Crippen molar-refractivity contribution in [2.75, 3.05) is 39.8 Å². The summed E-state index contributed by atoms with van der Waals surface area (Å²) in [6.45, 7) is 7.37. The quantitative estimate of drug-likeness (QED) is 0.730. The number of amides is 1. The minimum Gasteiger partial charge on any atom is -0.393 e. The van der Waals surface area contributed by atoms with Crippen LogP contribution in [0.1, 0.15) is 34.5 Å². The van der Waals surface area contributed by atoms with Gasteiger partial charge in [-0.05, 0) is 63.5 Å². The van der Waals surface area contributed by atoms with Crippen LogP contribution in [-0.2, 0) is 6.54 Å². The van der Waals surface area contributed by atoms with E-state index in [9.17, 15) is 14.7 Å². The summed E-state index contributed by atoms with van der Waals surface area (Å²) in [5, 5.41) is 10.1. The van der Waals surface area contributed by atoms with Gasteiger partial charge in [0.2, 0.25) is 0 Å². The van der Waals surface area contributed by atoms with Gasteiger partial charge in [-0.15, -0.1) is 0 Å². The second-order valence-corrected chi connectivity index (χ2v) is 7.96. The van der Waals surface area contributed by atoms with Gasteiger partial charge in [0.25, 0.3) is 11.5 Å². The number of aryl methyl sites for hydroxylation is 3. The van der Waals surface area contributed by atoms with Crippen LogP contribution in [0.3, 0.4) is 0 Å². The molecule has 3 N–H and O–H groups in total. The van der Waals surface area contributed by atoms with Gasteiger partial charge in [0.1, 0.15) is 0 Å². The molecule has 1 unspecified atom stereocenters. The van der Waals surface area contributed by atoms with Crippen LogP contribution in [0.15, 0.2) is 16.9 Å². The molecule has 1 fully saturated rings. The van der Waals surface area contributed by atoms with Crippen molar-refractivity contribution in [1.82, 2.24) is 19.4 Å². The standard InChI is InChI=1S/C21H31N5O3/c1-14-12-17-18(13-15(14)2)26(7-5-16(27)4-6-22)21(29)19(23-17)20(28)25-10-8-24(3)9-11-25/h12-13,16,27H,4-11,22H2,1-3H3. The summed E-state index contributed by atoms with van der Waals surface area (Å²) in [4.78, 5) is 34.6. The number of nitrogens with two attached hydrogens (primary N) is 1. The molecule has 8 heteroatoms. The largest absolute Gasteiger partial charge is 0.393 e. The highest BCUT2D eigenvalue weighted by atomic mass is 16.3. The van der Waals surface area contributed by atoms with Gasteiger partial charge in [0, 0.05) is 32.7 Å². The molecule has 0 saturated carbocycles. The summed E-state index contributed by atoms with van der Waals surface area (Å²) in [7, 11) is 2.01. The fourth-order valence-corrected chi connectivity index (χ4v) is 3.63. The predicted molar refractivity (Wildman–Crippen MR) is 113 cm³/mol. The average Bonchev–Trinajstić information content (AvgIpc) is 2.69. The van der Waals surface area contributed by atoms with E-state index in [-0.39, 0.29) is 11.6 Å². The Bertz CT molecular complexity index is 947. The molecule has 0 radical (unpaired) electrons. The third-order valence-corrected chi connectivity index (χ3v) is 5.74. The molecule has 2 heterocycles. The van der Waals surface area contributed by atoms with Crippen molar-refractivity contribution in [3.8, 4) is 0 Å². The molecular weight excluding hydrogens is 370 g/mol. The summed E-state index contributed by atoms with van der Waals surface area (Å²) in [6, 6.07) is 3.84. The number of piperazine rings is 1. The first-order chi connectivity index (χ1) is 13.8. The Morgan fingerprint density at radius 1 is 1.17 bits per heavy atom. The minimum absolute atomic E-state index is 0.0429. The number of aliphatic hydroxyl groups is 1. The molecule has 1 aliphatic rings. The molecule has 1 aromatic carbocycles. The van der Waals surface area contributed by atoms with E-state index in [1.807, 2.05) is 33.0 Å². The summed E-state index contributed by atoms with van der Waals surface area (Å²) in [5.41, 5.74) is 8.49. The lowest BCUT2D eigenvalue weighted by Crippen LogP contribution is -2.48. The van der Waals surface area contributed by atoms with Gasteiger partial charge >= 0.3 is 0 Å². The van der Waals surface area contributed by atoms with E-state index >= 15 is 0 Å². The molecule has 158 valence electrons. The number of aromatic nitrogens is 2. The van der Waals surface area contributed by atoms with E-state index in [0.29, 0.717) is 50.1 Å². The number of carbonyl (C=O) groups excluding carboxylic acids is 1. The summed E-state index contributed by atoms with van der Waals surface area (Å²) in [5.74, 6) is -0.320. The first kappa shape index (κ1) is 21.4. The van der Waals surface area contributed by atoms with Crippen LogP contribution in [0.2, 0.25) is 0 Å². The van der Waals surface area contributed by atoms with Crippen LogP contribution >= 0.6 is 0 Å². The third kappa shape index (κ3) is 4.66. The number of nitrogens with zero attached hydrogens (tertiary/aromatic N) is 4. The third-order valence-electron chi connectivity index (χ3n) is 5.74. The monoisotopic (exact) mass is 401 g/mol. The molecule has 1 atom stereocenters. The summed E-state index contributed by atoms with van der Waals surface area (Å²) < 4.78 is 1.58. The topological polar surface area (TPSA) is 105 Å². The zero-order valence-corrected chi connectivity index (χ0v) is 17.5. The minimum atomic E-state index is -0.585. The molecule has 1 aromatic heterocycles. The molecule has 1 amide bonds. The van der Waals surface area contributed by atoms with Crippen molar-refractivity contribution in [2.24, 2.45) is 5.73 Å². The SMILES string of the molecule is Cc1cc2nc(C(=O)N3CCN(C)CC3)c(=O)n(CCC(O)CCN)c2cc1C. The molecule has 1 aliphatic heterocycles. The Hall–Kier alpha value is -2.29. The van der Waals surface area contributed by atoms with Gasteiger partial charge in [-0.2, -0.15) is 0 Å². The average molecular weight is 402 g/mol. The van der Waals surface area contributed by atoms with E-state index in [4.69, 9.17) is 5.73 Å². The Morgan fingerprint density at radius 3 is 2.48 bits per heavy atom. The second-order valence-electron chi connectivity index (χ2n) is 7.96. The number of rotatable bonds is 6. The number of likely N-dealkylation sites (N-methyl/N-ethyl adjacent to an activating group) is 1. The molecule has 0 bridgehead atoms. The van der Waals surface area contributed by atoms with E-state index in [0.717, 1.165) is 24.2 Å². The lowest BCUT2D eigenvalue weighted by molar-refractivity contribution is 0.0656. The molecule has 2 aromatic rings. The van der Waals surface area contributed by atoms with Crippen LogP contribution in [-0.4, -0.2) is 76.2 Å². The van der Waals surface area contributed by atoms with Crippen molar-refractivity contribution in [2.45, 2.75) is 39.3 Å². The molecule has 3 rings (SSSR count). The van der Waals surface area contributed by atoms with Gasteiger partial charge < -0.3 is 25.2 Å². The zero-order valence-electron chi connectivity index (χ0n) is 17.5.